The molecule has 1 N–H and O–H groups in total. The molecule has 1 nitrogen and oxygen atoms in total. The van der Waals surface area contributed by atoms with E-state index in [-0.39, 0.29) is 6.10 Å². The summed E-state index contributed by atoms with van der Waals surface area (Å²) in [6.45, 7) is 0. The minimum atomic E-state index is 0.0189. The van der Waals surface area contributed by atoms with Crippen LogP contribution >= 0.6 is 11.8 Å². The lowest BCUT2D eigenvalue weighted by Crippen LogP contribution is -2.38. The quantitative estimate of drug-likeness (QED) is 0.776. The predicted octanol–water partition coefficient (Wildman–Crippen LogP) is 2.54. The topological polar surface area (TPSA) is 20.2 Å². The van der Waals surface area contributed by atoms with Crippen molar-refractivity contribution in [3.05, 3.63) is 0 Å². The van der Waals surface area contributed by atoms with Crippen LogP contribution in [0.15, 0.2) is 0 Å². The minimum Gasteiger partial charge on any atom is -0.392 e. The highest BCUT2D eigenvalue weighted by atomic mass is 32.2. The van der Waals surface area contributed by atoms with E-state index >= 15 is 0 Å². The van der Waals surface area contributed by atoms with Gasteiger partial charge in [-0.2, -0.15) is 11.8 Å². The minimum absolute atomic E-state index is 0.0189. The second-order valence-corrected chi connectivity index (χ2v) is 6.58. The van der Waals surface area contributed by atoms with Crippen LogP contribution in [0.1, 0.15) is 32.1 Å². The van der Waals surface area contributed by atoms with Crippen LogP contribution < -0.4 is 0 Å². The van der Waals surface area contributed by atoms with Crippen molar-refractivity contribution in [1.82, 2.24) is 0 Å². The Labute approximate surface area is 90.7 Å². The van der Waals surface area contributed by atoms with E-state index in [1.807, 2.05) is 11.8 Å². The summed E-state index contributed by atoms with van der Waals surface area (Å²) < 4.78 is 0. The maximum atomic E-state index is 10.0. The number of fused-ring (bicyclic) bond motifs is 1. The fourth-order valence-corrected chi connectivity index (χ4v) is 4.48. The molecule has 0 amide bonds. The van der Waals surface area contributed by atoms with Gasteiger partial charge in [-0.3, -0.25) is 0 Å². The number of aliphatic hydroxyl groups excluding tert-OH is 1. The van der Waals surface area contributed by atoms with E-state index in [0.29, 0.717) is 11.2 Å². The molecule has 0 aliphatic heterocycles. The van der Waals surface area contributed by atoms with Crippen LogP contribution in [-0.2, 0) is 0 Å². The van der Waals surface area contributed by atoms with Crippen molar-refractivity contribution in [1.29, 1.82) is 0 Å². The molecular weight excluding hydrogens is 192 g/mol. The van der Waals surface area contributed by atoms with E-state index in [4.69, 9.17) is 0 Å². The van der Waals surface area contributed by atoms with Crippen molar-refractivity contribution in [2.24, 2.45) is 23.7 Å². The molecule has 0 aromatic rings. The van der Waals surface area contributed by atoms with Gasteiger partial charge in [-0.1, -0.05) is 12.8 Å². The van der Waals surface area contributed by atoms with Gasteiger partial charge in [0.25, 0.3) is 0 Å². The number of thioether (sulfide) groups is 1. The zero-order chi connectivity index (χ0) is 9.71. The molecule has 3 saturated carbocycles. The molecule has 0 aromatic heterocycles. The Bertz CT molecular complexity index is 226. The molecule has 0 aromatic carbocycles. The first-order valence-corrected chi connectivity index (χ1v) is 7.29. The van der Waals surface area contributed by atoms with Crippen LogP contribution in [0.2, 0.25) is 0 Å². The van der Waals surface area contributed by atoms with E-state index in [2.05, 4.69) is 6.26 Å². The number of rotatable bonds is 3. The third-order valence-electron chi connectivity index (χ3n) is 4.69. The van der Waals surface area contributed by atoms with E-state index in [0.717, 1.165) is 17.8 Å². The van der Waals surface area contributed by atoms with Gasteiger partial charge in [-0.15, -0.1) is 0 Å². The van der Waals surface area contributed by atoms with Gasteiger partial charge in [0.15, 0.2) is 0 Å². The summed E-state index contributed by atoms with van der Waals surface area (Å²) in [5.74, 6) is 3.63. The molecule has 3 fully saturated rings. The SMILES string of the molecule is CS[C@H]1C[C@H]2[C@@H](CC3CC3)C[C@H]2[C@@H]1O. The summed E-state index contributed by atoms with van der Waals surface area (Å²) in [7, 11) is 0. The van der Waals surface area contributed by atoms with Crippen molar-refractivity contribution >= 4 is 11.8 Å². The van der Waals surface area contributed by atoms with Gasteiger partial charge in [0.1, 0.15) is 0 Å². The Morgan fingerprint density at radius 2 is 2.00 bits per heavy atom. The third kappa shape index (κ3) is 1.42. The Morgan fingerprint density at radius 1 is 1.21 bits per heavy atom. The lowest BCUT2D eigenvalue weighted by atomic mass is 9.64. The van der Waals surface area contributed by atoms with E-state index in [9.17, 15) is 5.11 Å². The number of hydrogen-bond acceptors (Lipinski definition) is 2. The highest BCUT2D eigenvalue weighted by Crippen LogP contribution is 2.57. The molecule has 0 spiro atoms. The second-order valence-electron chi connectivity index (χ2n) is 5.50. The zero-order valence-electron chi connectivity index (χ0n) is 8.86. The molecule has 0 bridgehead atoms. The van der Waals surface area contributed by atoms with Crippen molar-refractivity contribution in [3.63, 3.8) is 0 Å². The molecule has 3 aliphatic carbocycles. The van der Waals surface area contributed by atoms with Crippen molar-refractivity contribution < 1.29 is 5.11 Å². The fraction of sp³-hybridized carbons (Fsp3) is 1.00. The fourth-order valence-electron chi connectivity index (χ4n) is 3.58. The largest absolute Gasteiger partial charge is 0.392 e. The average molecular weight is 212 g/mol. The normalized spacial score (nSPS) is 51.4. The van der Waals surface area contributed by atoms with Crippen LogP contribution in [0.4, 0.5) is 0 Å². The van der Waals surface area contributed by atoms with Gasteiger partial charge in [0, 0.05) is 5.25 Å². The first-order valence-electron chi connectivity index (χ1n) is 6.00. The third-order valence-corrected chi connectivity index (χ3v) is 5.77. The van der Waals surface area contributed by atoms with Crippen LogP contribution in [0.3, 0.4) is 0 Å². The summed E-state index contributed by atoms with van der Waals surface area (Å²) in [5, 5.41) is 10.6. The van der Waals surface area contributed by atoms with Crippen LogP contribution in [0.25, 0.3) is 0 Å². The summed E-state index contributed by atoms with van der Waals surface area (Å²) in [5.41, 5.74) is 0. The predicted molar refractivity (Wildman–Crippen MR) is 60.4 cm³/mol. The van der Waals surface area contributed by atoms with E-state index < -0.39 is 0 Å². The highest BCUT2D eigenvalue weighted by Gasteiger charge is 2.53. The van der Waals surface area contributed by atoms with Crippen molar-refractivity contribution in [2.75, 3.05) is 6.26 Å². The van der Waals surface area contributed by atoms with E-state index in [1.54, 1.807) is 0 Å². The zero-order valence-corrected chi connectivity index (χ0v) is 9.67. The van der Waals surface area contributed by atoms with Crippen molar-refractivity contribution in [3.8, 4) is 0 Å². The molecule has 0 saturated heterocycles. The second kappa shape index (κ2) is 3.41. The molecule has 0 heterocycles. The molecule has 2 heteroatoms. The maximum Gasteiger partial charge on any atom is 0.0689 e. The molecule has 0 unspecified atom stereocenters. The maximum absolute atomic E-state index is 10.0. The van der Waals surface area contributed by atoms with Crippen LogP contribution in [0.5, 0.6) is 0 Å². The van der Waals surface area contributed by atoms with E-state index in [1.165, 1.54) is 32.1 Å². The van der Waals surface area contributed by atoms with Gasteiger partial charge < -0.3 is 5.11 Å². The molecule has 80 valence electrons. The highest BCUT2D eigenvalue weighted by molar-refractivity contribution is 7.99. The molecule has 14 heavy (non-hydrogen) atoms. The lowest BCUT2D eigenvalue weighted by molar-refractivity contribution is 0.0119. The Morgan fingerprint density at radius 3 is 2.64 bits per heavy atom. The summed E-state index contributed by atoms with van der Waals surface area (Å²) in [4.78, 5) is 0. The molecule has 0 radical (unpaired) electrons. The number of hydrogen-bond donors (Lipinski definition) is 1. The smallest absolute Gasteiger partial charge is 0.0689 e. The monoisotopic (exact) mass is 212 g/mol. The van der Waals surface area contributed by atoms with Gasteiger partial charge in [-0.25, -0.2) is 0 Å². The standard InChI is InChI=1S/C12H20OS/c1-14-11-6-9-8(4-7-2-3-7)5-10(9)12(11)13/h7-13H,2-6H2,1H3/t8-,9-,10+,11-,12-/m0/s1. The first-order chi connectivity index (χ1) is 6.79. The van der Waals surface area contributed by atoms with Crippen LogP contribution in [-0.4, -0.2) is 22.7 Å². The van der Waals surface area contributed by atoms with Gasteiger partial charge in [-0.05, 0) is 49.2 Å². The summed E-state index contributed by atoms with van der Waals surface area (Å²) in [6.07, 6.45) is 9.25. The van der Waals surface area contributed by atoms with Crippen molar-refractivity contribution in [2.45, 2.75) is 43.5 Å². The first kappa shape index (κ1) is 9.53. The summed E-state index contributed by atoms with van der Waals surface area (Å²) >= 11 is 1.87. The molecule has 3 aliphatic rings. The Hall–Kier alpha value is 0.310. The van der Waals surface area contributed by atoms with Gasteiger partial charge >= 0.3 is 0 Å². The Kier molecular flexibility index (Phi) is 2.32. The molecule has 3 rings (SSSR count). The van der Waals surface area contributed by atoms with Gasteiger partial charge in [0.2, 0.25) is 0 Å². The molecular formula is C12H20OS. The number of aliphatic hydroxyl groups is 1. The molecule has 5 atom stereocenters. The van der Waals surface area contributed by atoms with Crippen LogP contribution in [0, 0.1) is 23.7 Å². The van der Waals surface area contributed by atoms with Gasteiger partial charge in [0.05, 0.1) is 6.10 Å². The Balaban J connectivity index is 1.58. The average Bonchev–Trinajstić information content (AvgIpc) is 2.92. The summed E-state index contributed by atoms with van der Waals surface area (Å²) in [6, 6.07) is 0. The lowest BCUT2D eigenvalue weighted by Gasteiger charge is -2.42.